The van der Waals surface area contributed by atoms with E-state index in [9.17, 15) is 4.79 Å². The minimum absolute atomic E-state index is 0.00986. The smallest absolute Gasteiger partial charge is 0.289 e. The minimum Gasteiger partial charge on any atom is -0.456 e. The fraction of sp³-hybridized carbons (Fsp3) is 0.615. The van der Waals surface area contributed by atoms with Crippen molar-refractivity contribution in [3.05, 3.63) is 23.7 Å². The summed E-state index contributed by atoms with van der Waals surface area (Å²) in [5.74, 6) is 1.35. The van der Waals surface area contributed by atoms with Crippen molar-refractivity contribution < 1.29 is 9.21 Å². The molecule has 90 valence electrons. The number of hydrogen-bond acceptors (Lipinski definition) is 2. The fourth-order valence-corrected chi connectivity index (χ4v) is 1.59. The molecule has 0 aliphatic heterocycles. The van der Waals surface area contributed by atoms with E-state index >= 15 is 0 Å². The highest BCUT2D eigenvalue weighted by Gasteiger charge is 2.16. The lowest BCUT2D eigenvalue weighted by molar-refractivity contribution is 0.0728. The Kier molecular flexibility index (Phi) is 5.09. The summed E-state index contributed by atoms with van der Waals surface area (Å²) >= 11 is 0. The lowest BCUT2D eigenvalue weighted by Crippen LogP contribution is -2.31. The van der Waals surface area contributed by atoms with E-state index in [2.05, 4.69) is 6.92 Å². The van der Waals surface area contributed by atoms with Crippen LogP contribution in [0.5, 0.6) is 0 Å². The molecule has 0 saturated carbocycles. The molecular weight excluding hydrogens is 202 g/mol. The van der Waals surface area contributed by atoms with E-state index in [1.165, 1.54) is 0 Å². The van der Waals surface area contributed by atoms with Gasteiger partial charge in [0.05, 0.1) is 0 Å². The molecule has 1 heterocycles. The third kappa shape index (κ3) is 3.12. The lowest BCUT2D eigenvalue weighted by Gasteiger charge is -2.19. The molecule has 16 heavy (non-hydrogen) atoms. The lowest BCUT2D eigenvalue weighted by atomic mass is 10.3. The number of rotatable bonds is 6. The first-order valence-electron chi connectivity index (χ1n) is 6.10. The second-order valence-corrected chi connectivity index (χ2v) is 3.86. The average molecular weight is 223 g/mol. The number of furan rings is 1. The number of carbonyl (C=O) groups is 1. The fourth-order valence-electron chi connectivity index (χ4n) is 1.59. The summed E-state index contributed by atoms with van der Waals surface area (Å²) in [7, 11) is 0. The standard InChI is InChI=1S/C13H21NO2/c1-4-7-10-14(6-3)13(15)12-9-8-11(5-2)16-12/h8-9H,4-7,10H2,1-3H3. The van der Waals surface area contributed by atoms with Crippen molar-refractivity contribution in [2.75, 3.05) is 13.1 Å². The molecule has 1 aromatic heterocycles. The van der Waals surface area contributed by atoms with Gasteiger partial charge in [-0.15, -0.1) is 0 Å². The predicted octanol–water partition coefficient (Wildman–Crippen LogP) is 3.10. The van der Waals surface area contributed by atoms with Crippen molar-refractivity contribution >= 4 is 5.91 Å². The Morgan fingerprint density at radius 1 is 1.31 bits per heavy atom. The van der Waals surface area contributed by atoms with Crippen molar-refractivity contribution in [3.63, 3.8) is 0 Å². The van der Waals surface area contributed by atoms with Crippen LogP contribution in [0.3, 0.4) is 0 Å². The first kappa shape index (κ1) is 12.8. The summed E-state index contributed by atoms with van der Waals surface area (Å²) in [5, 5.41) is 0. The third-order valence-corrected chi connectivity index (χ3v) is 2.67. The maximum atomic E-state index is 12.0. The molecule has 0 saturated heterocycles. The van der Waals surface area contributed by atoms with Crippen LogP contribution in [0.15, 0.2) is 16.5 Å². The minimum atomic E-state index is 0.00986. The van der Waals surface area contributed by atoms with Gasteiger partial charge in [-0.3, -0.25) is 4.79 Å². The molecule has 0 unspecified atom stereocenters. The van der Waals surface area contributed by atoms with Crippen LogP contribution in [-0.4, -0.2) is 23.9 Å². The van der Waals surface area contributed by atoms with E-state index in [4.69, 9.17) is 4.42 Å². The summed E-state index contributed by atoms with van der Waals surface area (Å²) in [5.41, 5.74) is 0. The number of hydrogen-bond donors (Lipinski definition) is 0. The van der Waals surface area contributed by atoms with Crippen LogP contribution in [0.25, 0.3) is 0 Å². The van der Waals surface area contributed by atoms with Crippen LogP contribution in [0.1, 0.15) is 49.9 Å². The number of nitrogens with zero attached hydrogens (tertiary/aromatic N) is 1. The first-order chi connectivity index (χ1) is 7.72. The third-order valence-electron chi connectivity index (χ3n) is 2.67. The van der Waals surface area contributed by atoms with Crippen molar-refractivity contribution in [1.82, 2.24) is 4.90 Å². The Labute approximate surface area is 97.4 Å². The molecule has 3 nitrogen and oxygen atoms in total. The van der Waals surface area contributed by atoms with Gasteiger partial charge in [0.1, 0.15) is 5.76 Å². The Morgan fingerprint density at radius 2 is 2.06 bits per heavy atom. The molecule has 0 bridgehead atoms. The first-order valence-corrected chi connectivity index (χ1v) is 6.10. The van der Waals surface area contributed by atoms with Gasteiger partial charge in [0.25, 0.3) is 5.91 Å². The molecule has 0 N–H and O–H groups in total. The number of unbranched alkanes of at least 4 members (excludes halogenated alkanes) is 1. The van der Waals surface area contributed by atoms with E-state index in [-0.39, 0.29) is 5.91 Å². The average Bonchev–Trinajstić information content (AvgIpc) is 2.78. The van der Waals surface area contributed by atoms with Crippen LogP contribution in [-0.2, 0) is 6.42 Å². The van der Waals surface area contributed by atoms with Crippen LogP contribution >= 0.6 is 0 Å². The predicted molar refractivity (Wildman–Crippen MR) is 64.6 cm³/mol. The van der Waals surface area contributed by atoms with E-state index in [1.807, 2.05) is 24.8 Å². The summed E-state index contributed by atoms with van der Waals surface area (Å²) in [6, 6.07) is 3.65. The van der Waals surface area contributed by atoms with E-state index in [0.717, 1.165) is 38.1 Å². The monoisotopic (exact) mass is 223 g/mol. The molecule has 0 spiro atoms. The van der Waals surface area contributed by atoms with Gasteiger partial charge in [0.2, 0.25) is 0 Å². The van der Waals surface area contributed by atoms with Gasteiger partial charge in [-0.25, -0.2) is 0 Å². The van der Waals surface area contributed by atoms with E-state index in [1.54, 1.807) is 6.07 Å². The van der Waals surface area contributed by atoms with Crippen molar-refractivity contribution in [2.24, 2.45) is 0 Å². The van der Waals surface area contributed by atoms with Gasteiger partial charge >= 0.3 is 0 Å². The van der Waals surface area contributed by atoms with Crippen molar-refractivity contribution in [3.8, 4) is 0 Å². The summed E-state index contributed by atoms with van der Waals surface area (Å²) in [6.07, 6.45) is 2.97. The topological polar surface area (TPSA) is 33.5 Å². The number of amides is 1. The molecule has 1 rings (SSSR count). The number of aryl methyl sites for hydroxylation is 1. The van der Waals surface area contributed by atoms with Crippen LogP contribution in [0.4, 0.5) is 0 Å². The summed E-state index contributed by atoms with van der Waals surface area (Å²) in [6.45, 7) is 7.69. The molecule has 0 aliphatic carbocycles. The van der Waals surface area contributed by atoms with Gasteiger partial charge in [0, 0.05) is 19.5 Å². The molecule has 0 aliphatic rings. The Morgan fingerprint density at radius 3 is 2.56 bits per heavy atom. The Balaban J connectivity index is 2.66. The molecular formula is C13H21NO2. The van der Waals surface area contributed by atoms with Gasteiger partial charge in [-0.1, -0.05) is 20.3 Å². The second kappa shape index (κ2) is 6.36. The number of carbonyl (C=O) groups excluding carboxylic acids is 1. The summed E-state index contributed by atoms with van der Waals surface area (Å²) in [4.78, 5) is 13.9. The molecule has 0 fully saturated rings. The van der Waals surface area contributed by atoms with Crippen LogP contribution in [0.2, 0.25) is 0 Å². The van der Waals surface area contributed by atoms with Gasteiger partial charge < -0.3 is 9.32 Å². The van der Waals surface area contributed by atoms with Crippen molar-refractivity contribution in [1.29, 1.82) is 0 Å². The quantitative estimate of drug-likeness (QED) is 0.742. The Hall–Kier alpha value is -1.25. The Bertz CT molecular complexity index is 330. The van der Waals surface area contributed by atoms with E-state index in [0.29, 0.717) is 5.76 Å². The molecule has 0 atom stereocenters. The zero-order chi connectivity index (χ0) is 12.0. The molecule has 1 amide bonds. The zero-order valence-electron chi connectivity index (χ0n) is 10.5. The highest BCUT2D eigenvalue weighted by Crippen LogP contribution is 2.11. The highest BCUT2D eigenvalue weighted by molar-refractivity contribution is 5.91. The molecule has 1 aromatic rings. The van der Waals surface area contributed by atoms with Crippen LogP contribution < -0.4 is 0 Å². The van der Waals surface area contributed by atoms with Gasteiger partial charge in [0.15, 0.2) is 5.76 Å². The second-order valence-electron chi connectivity index (χ2n) is 3.86. The maximum absolute atomic E-state index is 12.0. The largest absolute Gasteiger partial charge is 0.456 e. The molecule has 3 heteroatoms. The van der Waals surface area contributed by atoms with Gasteiger partial charge in [-0.05, 0) is 25.5 Å². The SMILES string of the molecule is CCCCN(CC)C(=O)c1ccc(CC)o1. The highest BCUT2D eigenvalue weighted by atomic mass is 16.4. The van der Waals surface area contributed by atoms with Crippen molar-refractivity contribution in [2.45, 2.75) is 40.0 Å². The maximum Gasteiger partial charge on any atom is 0.289 e. The van der Waals surface area contributed by atoms with E-state index < -0.39 is 0 Å². The van der Waals surface area contributed by atoms with Crippen LogP contribution in [0, 0.1) is 0 Å². The normalized spacial score (nSPS) is 10.4. The summed E-state index contributed by atoms with van der Waals surface area (Å²) < 4.78 is 5.47. The molecule has 0 aromatic carbocycles. The zero-order valence-corrected chi connectivity index (χ0v) is 10.5. The van der Waals surface area contributed by atoms with Gasteiger partial charge in [-0.2, -0.15) is 0 Å². The molecule has 0 radical (unpaired) electrons.